The molecule has 124 valence electrons. The number of hydrogen-bond donors (Lipinski definition) is 1. The molecular weight excluding hydrogens is 310 g/mol. The second-order valence-corrected chi connectivity index (χ2v) is 5.93. The van der Waals surface area contributed by atoms with Gasteiger partial charge in [0.05, 0.1) is 6.54 Å². The molecule has 2 amide bonds. The number of rotatable bonds is 2. The number of likely N-dealkylation sites (tertiary alicyclic amines) is 1. The molecule has 2 aliphatic heterocycles. The van der Waals surface area contributed by atoms with Gasteiger partial charge in [0.2, 0.25) is 0 Å². The van der Waals surface area contributed by atoms with Crippen LogP contribution in [-0.4, -0.2) is 52.3 Å². The van der Waals surface area contributed by atoms with Gasteiger partial charge in [0.15, 0.2) is 11.6 Å². The predicted octanol–water partition coefficient (Wildman–Crippen LogP) is 2.43. The maximum Gasteiger partial charge on any atom is 0.410 e. The van der Waals surface area contributed by atoms with Crippen LogP contribution in [0.3, 0.4) is 0 Å². The molecule has 0 aromatic heterocycles. The zero-order valence-corrected chi connectivity index (χ0v) is 12.3. The molecule has 0 aliphatic carbocycles. The number of benzene rings is 1. The normalized spacial score (nSPS) is 20.0. The third kappa shape index (κ3) is 3.06. The zero-order chi connectivity index (χ0) is 16.6. The molecule has 0 atom stereocenters. The highest BCUT2D eigenvalue weighted by Gasteiger charge is 2.47. The standard InChI is InChI=1S/C15H16F2N2O4/c16-11-2-1-10(7-12(11)17)8-19-9-15(23-14(19)22)3-5-18(6-4-15)13(20)21/h1-2,7H,3-6,8-9H2,(H,20,21). The molecule has 1 aromatic carbocycles. The minimum absolute atomic E-state index is 0.125. The van der Waals surface area contributed by atoms with E-state index in [4.69, 9.17) is 9.84 Å². The first-order valence-corrected chi connectivity index (χ1v) is 7.28. The highest BCUT2D eigenvalue weighted by atomic mass is 19.2. The van der Waals surface area contributed by atoms with Crippen LogP contribution in [0.5, 0.6) is 0 Å². The number of carbonyl (C=O) groups is 2. The highest BCUT2D eigenvalue weighted by molar-refractivity contribution is 5.71. The zero-order valence-electron chi connectivity index (χ0n) is 12.3. The van der Waals surface area contributed by atoms with Gasteiger partial charge in [-0.25, -0.2) is 18.4 Å². The summed E-state index contributed by atoms with van der Waals surface area (Å²) in [4.78, 5) is 25.7. The van der Waals surface area contributed by atoms with E-state index in [0.29, 0.717) is 38.0 Å². The van der Waals surface area contributed by atoms with Gasteiger partial charge in [-0.1, -0.05) is 6.07 Å². The van der Waals surface area contributed by atoms with Crippen LogP contribution in [0, 0.1) is 11.6 Å². The fourth-order valence-corrected chi connectivity index (χ4v) is 3.04. The van der Waals surface area contributed by atoms with Gasteiger partial charge < -0.3 is 14.7 Å². The van der Waals surface area contributed by atoms with Crippen molar-refractivity contribution >= 4 is 12.2 Å². The van der Waals surface area contributed by atoms with E-state index in [1.807, 2.05) is 0 Å². The number of carboxylic acid groups (broad SMARTS) is 1. The van der Waals surface area contributed by atoms with Crippen molar-refractivity contribution in [3.63, 3.8) is 0 Å². The van der Waals surface area contributed by atoms with Gasteiger partial charge >= 0.3 is 12.2 Å². The molecule has 2 aliphatic rings. The lowest BCUT2D eigenvalue weighted by Gasteiger charge is -2.36. The van der Waals surface area contributed by atoms with Crippen molar-refractivity contribution in [1.82, 2.24) is 9.80 Å². The van der Waals surface area contributed by atoms with Crippen LogP contribution < -0.4 is 0 Å². The maximum absolute atomic E-state index is 13.2. The van der Waals surface area contributed by atoms with E-state index in [1.54, 1.807) is 0 Å². The van der Waals surface area contributed by atoms with Gasteiger partial charge in [0.1, 0.15) is 5.60 Å². The van der Waals surface area contributed by atoms with Crippen molar-refractivity contribution in [2.75, 3.05) is 19.6 Å². The molecule has 23 heavy (non-hydrogen) atoms. The molecule has 6 nitrogen and oxygen atoms in total. The van der Waals surface area contributed by atoms with Crippen LogP contribution in [0.2, 0.25) is 0 Å². The van der Waals surface area contributed by atoms with Crippen molar-refractivity contribution in [2.24, 2.45) is 0 Å². The summed E-state index contributed by atoms with van der Waals surface area (Å²) in [6, 6.07) is 3.50. The first-order valence-electron chi connectivity index (χ1n) is 7.28. The van der Waals surface area contributed by atoms with Gasteiger partial charge in [0.25, 0.3) is 0 Å². The summed E-state index contributed by atoms with van der Waals surface area (Å²) < 4.78 is 31.6. The summed E-state index contributed by atoms with van der Waals surface area (Å²) in [6.45, 7) is 1.06. The fraction of sp³-hybridized carbons (Fsp3) is 0.467. The summed E-state index contributed by atoms with van der Waals surface area (Å²) >= 11 is 0. The molecule has 1 N–H and O–H groups in total. The summed E-state index contributed by atoms with van der Waals surface area (Å²) in [5.41, 5.74) is -0.220. The molecule has 0 radical (unpaired) electrons. The fourth-order valence-electron chi connectivity index (χ4n) is 3.04. The molecule has 2 fully saturated rings. The molecule has 3 rings (SSSR count). The number of halogens is 2. The molecular formula is C15H16F2N2O4. The lowest BCUT2D eigenvalue weighted by molar-refractivity contribution is 0.00431. The van der Waals surface area contributed by atoms with Crippen molar-refractivity contribution in [1.29, 1.82) is 0 Å². The Morgan fingerprint density at radius 2 is 1.96 bits per heavy atom. The monoisotopic (exact) mass is 326 g/mol. The van der Waals surface area contributed by atoms with Gasteiger partial charge in [-0.2, -0.15) is 0 Å². The topological polar surface area (TPSA) is 70.1 Å². The van der Waals surface area contributed by atoms with Crippen LogP contribution >= 0.6 is 0 Å². The van der Waals surface area contributed by atoms with E-state index in [0.717, 1.165) is 12.1 Å². The Morgan fingerprint density at radius 1 is 1.26 bits per heavy atom. The molecule has 1 spiro atoms. The van der Waals surface area contributed by atoms with E-state index in [9.17, 15) is 18.4 Å². The SMILES string of the molecule is O=C(O)N1CCC2(CC1)CN(Cc1ccc(F)c(F)c1)C(=O)O2. The predicted molar refractivity (Wildman–Crippen MR) is 74.8 cm³/mol. The molecule has 8 heteroatoms. The number of nitrogens with zero attached hydrogens (tertiary/aromatic N) is 2. The van der Waals surface area contributed by atoms with Crippen LogP contribution in [0.15, 0.2) is 18.2 Å². The summed E-state index contributed by atoms with van der Waals surface area (Å²) in [7, 11) is 0. The smallest absolute Gasteiger partial charge is 0.410 e. The number of amides is 2. The third-order valence-electron chi connectivity index (χ3n) is 4.34. The summed E-state index contributed by atoms with van der Waals surface area (Å²) in [5, 5.41) is 8.96. The lowest BCUT2D eigenvalue weighted by Crippen LogP contribution is -2.48. The van der Waals surface area contributed by atoms with Gasteiger partial charge in [-0.05, 0) is 17.7 Å². The first kappa shape index (κ1) is 15.5. The van der Waals surface area contributed by atoms with E-state index >= 15 is 0 Å². The summed E-state index contributed by atoms with van der Waals surface area (Å²) in [6.07, 6.45) is -0.639. The Labute approximate surface area is 131 Å². The Hall–Kier alpha value is -2.38. The molecule has 2 saturated heterocycles. The van der Waals surface area contributed by atoms with Crippen LogP contribution in [0.1, 0.15) is 18.4 Å². The van der Waals surface area contributed by atoms with Crippen molar-refractivity contribution in [2.45, 2.75) is 25.0 Å². The Morgan fingerprint density at radius 3 is 2.57 bits per heavy atom. The second-order valence-electron chi connectivity index (χ2n) is 5.93. The van der Waals surface area contributed by atoms with Crippen molar-refractivity contribution in [3.05, 3.63) is 35.4 Å². The Balaban J connectivity index is 1.66. The van der Waals surface area contributed by atoms with Crippen molar-refractivity contribution in [3.8, 4) is 0 Å². The number of carbonyl (C=O) groups excluding carboxylic acids is 1. The van der Waals surface area contributed by atoms with E-state index in [2.05, 4.69) is 0 Å². The minimum Gasteiger partial charge on any atom is -0.465 e. The van der Waals surface area contributed by atoms with Crippen molar-refractivity contribution < 1.29 is 28.2 Å². The Kier molecular flexibility index (Phi) is 3.83. The molecule has 0 saturated carbocycles. The number of hydrogen-bond acceptors (Lipinski definition) is 3. The summed E-state index contributed by atoms with van der Waals surface area (Å²) in [5.74, 6) is -1.89. The third-order valence-corrected chi connectivity index (χ3v) is 4.34. The quantitative estimate of drug-likeness (QED) is 0.906. The van der Waals surface area contributed by atoms with E-state index in [1.165, 1.54) is 15.9 Å². The average Bonchev–Trinajstić information content (AvgIpc) is 2.79. The van der Waals surface area contributed by atoms with Gasteiger partial charge in [0, 0.05) is 32.5 Å². The second kappa shape index (κ2) is 5.68. The minimum atomic E-state index is -0.984. The number of piperidine rings is 1. The van der Waals surface area contributed by atoms with E-state index in [-0.39, 0.29) is 6.54 Å². The average molecular weight is 326 g/mol. The van der Waals surface area contributed by atoms with Gasteiger partial charge in [-0.3, -0.25) is 4.90 Å². The maximum atomic E-state index is 13.2. The van der Waals surface area contributed by atoms with Gasteiger partial charge in [-0.15, -0.1) is 0 Å². The number of ether oxygens (including phenoxy) is 1. The highest BCUT2D eigenvalue weighted by Crippen LogP contribution is 2.34. The first-order chi connectivity index (χ1) is 10.9. The largest absolute Gasteiger partial charge is 0.465 e. The van der Waals surface area contributed by atoms with E-state index < -0.39 is 29.4 Å². The van der Waals surface area contributed by atoms with Crippen LogP contribution in [0.4, 0.5) is 18.4 Å². The Bertz CT molecular complexity index is 644. The molecule has 0 bridgehead atoms. The van der Waals surface area contributed by atoms with Crippen LogP contribution in [0.25, 0.3) is 0 Å². The lowest BCUT2D eigenvalue weighted by atomic mass is 9.91. The molecule has 1 aromatic rings. The molecule has 0 unspecified atom stereocenters. The molecule has 2 heterocycles. The van der Waals surface area contributed by atoms with Crippen LogP contribution in [-0.2, 0) is 11.3 Å².